The monoisotopic (exact) mass is 373 g/mol. The van der Waals surface area contributed by atoms with Gasteiger partial charge in [0.05, 0.1) is 0 Å². The van der Waals surface area contributed by atoms with Gasteiger partial charge >= 0.3 is 6.09 Å². The zero-order chi connectivity index (χ0) is 19.3. The highest BCUT2D eigenvalue weighted by Crippen LogP contribution is 2.35. The molecule has 1 atom stereocenters. The molecule has 2 saturated heterocycles. The minimum absolute atomic E-state index is 0.0162. The zero-order valence-electron chi connectivity index (χ0n) is 16.4. The first-order valence-corrected chi connectivity index (χ1v) is 9.94. The summed E-state index contributed by atoms with van der Waals surface area (Å²) in [4.78, 5) is 27.2. The first-order valence-electron chi connectivity index (χ1n) is 9.94. The maximum absolute atomic E-state index is 13.0. The van der Waals surface area contributed by atoms with E-state index in [9.17, 15) is 9.59 Å². The van der Waals surface area contributed by atoms with Crippen LogP contribution in [0, 0.1) is 11.3 Å². The molecule has 148 valence electrons. The molecule has 0 radical (unpaired) electrons. The van der Waals surface area contributed by atoms with Crippen molar-refractivity contribution >= 4 is 12.0 Å². The van der Waals surface area contributed by atoms with Gasteiger partial charge in [0, 0.05) is 26.2 Å². The fraction of sp³-hybridized carbons (Fsp3) is 0.619. The highest BCUT2D eigenvalue weighted by atomic mass is 16.5. The quantitative estimate of drug-likeness (QED) is 0.804. The van der Waals surface area contributed by atoms with Crippen molar-refractivity contribution in [2.45, 2.75) is 45.8 Å². The van der Waals surface area contributed by atoms with Gasteiger partial charge in [0.15, 0.2) is 0 Å². The normalized spacial score (nSPS) is 19.4. The third-order valence-electron chi connectivity index (χ3n) is 5.65. The van der Waals surface area contributed by atoms with E-state index in [0.717, 1.165) is 44.6 Å². The van der Waals surface area contributed by atoms with Crippen molar-refractivity contribution in [1.29, 1.82) is 0 Å². The van der Waals surface area contributed by atoms with E-state index in [-0.39, 0.29) is 12.5 Å². The summed E-state index contributed by atoms with van der Waals surface area (Å²) in [7, 11) is 0. The molecule has 6 nitrogen and oxygen atoms in total. The fourth-order valence-electron chi connectivity index (χ4n) is 3.85. The molecular weight excluding hydrogens is 342 g/mol. The molecule has 2 aliphatic rings. The van der Waals surface area contributed by atoms with Gasteiger partial charge in [0.1, 0.15) is 12.6 Å². The summed E-state index contributed by atoms with van der Waals surface area (Å²) >= 11 is 0. The predicted molar refractivity (Wildman–Crippen MR) is 104 cm³/mol. The molecule has 2 N–H and O–H groups in total. The van der Waals surface area contributed by atoms with Crippen molar-refractivity contribution in [1.82, 2.24) is 15.5 Å². The number of likely N-dealkylation sites (tertiary alicyclic amines) is 1. The lowest BCUT2D eigenvalue weighted by Gasteiger charge is -2.48. The van der Waals surface area contributed by atoms with Gasteiger partial charge in [-0.1, -0.05) is 44.2 Å². The molecule has 2 amide bonds. The van der Waals surface area contributed by atoms with Crippen LogP contribution in [0.5, 0.6) is 0 Å². The zero-order valence-corrected chi connectivity index (χ0v) is 16.4. The standard InChI is InChI=1S/C21H31N3O3/c1-16(2)12-18(23-20(26)27-13-17-6-4-3-5-7-17)19(25)24-10-8-21(9-11-24)14-22-15-21/h3-7,16,18,22H,8-15H2,1-2H3,(H,23,26)/t18-/m1/s1. The molecule has 0 saturated carbocycles. The number of rotatable bonds is 6. The van der Waals surface area contributed by atoms with Crippen LogP contribution in [0.3, 0.4) is 0 Å². The number of hydrogen-bond donors (Lipinski definition) is 2. The van der Waals surface area contributed by atoms with Gasteiger partial charge in [-0.2, -0.15) is 0 Å². The Hall–Kier alpha value is -2.08. The Morgan fingerprint density at radius 1 is 1.19 bits per heavy atom. The lowest BCUT2D eigenvalue weighted by molar-refractivity contribution is -0.136. The minimum atomic E-state index is -0.533. The van der Waals surface area contributed by atoms with E-state index in [1.165, 1.54) is 0 Å². The van der Waals surface area contributed by atoms with Crippen molar-refractivity contribution in [2.75, 3.05) is 26.2 Å². The van der Waals surface area contributed by atoms with E-state index in [0.29, 0.717) is 17.8 Å². The van der Waals surface area contributed by atoms with Gasteiger partial charge in [0.25, 0.3) is 0 Å². The lowest BCUT2D eigenvalue weighted by Crippen LogP contribution is -2.60. The number of hydrogen-bond acceptors (Lipinski definition) is 4. The Kier molecular flexibility index (Phi) is 6.37. The largest absolute Gasteiger partial charge is 0.445 e. The molecule has 27 heavy (non-hydrogen) atoms. The molecule has 2 heterocycles. The topological polar surface area (TPSA) is 70.7 Å². The molecule has 0 aromatic heterocycles. The molecule has 1 spiro atoms. The maximum Gasteiger partial charge on any atom is 0.408 e. The Labute approximate surface area is 161 Å². The minimum Gasteiger partial charge on any atom is -0.445 e. The number of nitrogens with zero attached hydrogens (tertiary/aromatic N) is 1. The van der Waals surface area contributed by atoms with E-state index >= 15 is 0 Å². The van der Waals surface area contributed by atoms with E-state index in [2.05, 4.69) is 24.5 Å². The van der Waals surface area contributed by atoms with Crippen LogP contribution in [-0.2, 0) is 16.1 Å². The van der Waals surface area contributed by atoms with Gasteiger partial charge in [-0.3, -0.25) is 4.79 Å². The average molecular weight is 373 g/mol. The second kappa shape index (κ2) is 8.74. The molecule has 3 rings (SSSR count). The number of benzene rings is 1. The molecule has 0 aliphatic carbocycles. The van der Waals surface area contributed by atoms with Crippen molar-refractivity contribution in [3.8, 4) is 0 Å². The number of carbonyl (C=O) groups is 2. The van der Waals surface area contributed by atoms with Crippen LogP contribution in [0.4, 0.5) is 4.79 Å². The van der Waals surface area contributed by atoms with E-state index in [4.69, 9.17) is 4.74 Å². The molecule has 2 aliphatic heterocycles. The van der Waals surface area contributed by atoms with Crippen LogP contribution in [0.15, 0.2) is 30.3 Å². The van der Waals surface area contributed by atoms with Crippen LogP contribution in [-0.4, -0.2) is 49.1 Å². The Balaban J connectivity index is 1.52. The second-order valence-corrected chi connectivity index (χ2v) is 8.32. The summed E-state index contributed by atoms with van der Waals surface area (Å²) in [6.45, 7) is 7.99. The maximum atomic E-state index is 13.0. The third kappa shape index (κ3) is 5.22. The summed E-state index contributed by atoms with van der Waals surface area (Å²) in [6, 6.07) is 9.02. The summed E-state index contributed by atoms with van der Waals surface area (Å²) in [6.07, 6.45) is 2.16. The molecule has 2 fully saturated rings. The third-order valence-corrected chi connectivity index (χ3v) is 5.65. The summed E-state index contributed by atoms with van der Waals surface area (Å²) < 4.78 is 5.31. The molecule has 0 unspecified atom stereocenters. The van der Waals surface area contributed by atoms with Crippen molar-refractivity contribution in [3.63, 3.8) is 0 Å². The Morgan fingerprint density at radius 3 is 2.41 bits per heavy atom. The Bertz CT molecular complexity index is 633. The van der Waals surface area contributed by atoms with E-state index in [1.807, 2.05) is 35.2 Å². The van der Waals surface area contributed by atoms with Gasteiger partial charge < -0.3 is 20.3 Å². The number of alkyl carbamates (subject to hydrolysis) is 1. The highest BCUT2D eigenvalue weighted by Gasteiger charge is 2.41. The SMILES string of the molecule is CC(C)C[C@@H](NC(=O)OCc1ccccc1)C(=O)N1CCC2(CC1)CNC2. The van der Waals surface area contributed by atoms with Crippen LogP contribution in [0.1, 0.15) is 38.7 Å². The number of piperidine rings is 1. The summed E-state index contributed by atoms with van der Waals surface area (Å²) in [5.41, 5.74) is 1.32. The Morgan fingerprint density at radius 2 is 1.85 bits per heavy atom. The van der Waals surface area contributed by atoms with Crippen LogP contribution in [0.2, 0.25) is 0 Å². The smallest absolute Gasteiger partial charge is 0.408 e. The molecular formula is C21H31N3O3. The summed E-state index contributed by atoms with van der Waals surface area (Å²) in [5.74, 6) is 0.322. The number of nitrogens with one attached hydrogen (secondary N) is 2. The lowest BCUT2D eigenvalue weighted by atomic mass is 9.73. The fourth-order valence-corrected chi connectivity index (χ4v) is 3.85. The highest BCUT2D eigenvalue weighted by molar-refractivity contribution is 5.85. The van der Waals surface area contributed by atoms with Gasteiger partial charge in [-0.25, -0.2) is 4.79 Å². The number of carbonyl (C=O) groups excluding carboxylic acids is 2. The second-order valence-electron chi connectivity index (χ2n) is 8.32. The van der Waals surface area contributed by atoms with Crippen LogP contribution >= 0.6 is 0 Å². The van der Waals surface area contributed by atoms with E-state index < -0.39 is 12.1 Å². The number of amides is 2. The van der Waals surface area contributed by atoms with E-state index in [1.54, 1.807) is 0 Å². The van der Waals surface area contributed by atoms with Crippen molar-refractivity contribution in [3.05, 3.63) is 35.9 Å². The van der Waals surface area contributed by atoms with Crippen molar-refractivity contribution < 1.29 is 14.3 Å². The first-order chi connectivity index (χ1) is 13.0. The molecule has 0 bridgehead atoms. The average Bonchev–Trinajstić information content (AvgIpc) is 2.64. The molecule has 1 aromatic carbocycles. The first kappa shape index (κ1) is 19.7. The van der Waals surface area contributed by atoms with Gasteiger partial charge in [0.2, 0.25) is 5.91 Å². The number of ether oxygens (including phenoxy) is 1. The van der Waals surface area contributed by atoms with Gasteiger partial charge in [-0.05, 0) is 36.2 Å². The van der Waals surface area contributed by atoms with Crippen molar-refractivity contribution in [2.24, 2.45) is 11.3 Å². The predicted octanol–water partition coefficient (Wildman–Crippen LogP) is 2.54. The van der Waals surface area contributed by atoms with Crippen LogP contribution < -0.4 is 10.6 Å². The van der Waals surface area contributed by atoms with Crippen LogP contribution in [0.25, 0.3) is 0 Å². The summed E-state index contributed by atoms with van der Waals surface area (Å²) in [5, 5.41) is 6.14. The molecule has 1 aromatic rings. The molecule has 6 heteroatoms. The van der Waals surface area contributed by atoms with Gasteiger partial charge in [-0.15, -0.1) is 0 Å².